The zero-order valence-electron chi connectivity index (χ0n) is 24.6. The number of carboxylic acid groups (broad SMARTS) is 1. The molecule has 0 radical (unpaired) electrons. The summed E-state index contributed by atoms with van der Waals surface area (Å²) >= 11 is 13.1. The van der Waals surface area contributed by atoms with Crippen LogP contribution in [0.3, 0.4) is 0 Å². The van der Waals surface area contributed by atoms with Crippen LogP contribution in [0, 0.1) is 6.92 Å². The minimum atomic E-state index is -1.14. The maximum absolute atomic E-state index is 12.9. The maximum atomic E-state index is 12.9. The third-order valence-electron chi connectivity index (χ3n) is 6.83. The standard InChI is InChI=1S/C33H30Cl2N4O6/c1-19-7-11-22-5-4-6-27(31(22)37-19)45-18-24-25(34)14-15-26(30(24)35)39(3)29(41)17-36-28(40)16-10-21-8-12-23(13-9-21)32(42)38-20(2)33(43)44/h4-16,20H,17-18H2,1-3H3,(H,36,40)(H,38,42)(H,43,44)/t20-/m1/s1. The van der Waals surface area contributed by atoms with E-state index in [0.717, 1.165) is 11.1 Å². The van der Waals surface area contributed by atoms with Crippen LogP contribution in [0.5, 0.6) is 5.75 Å². The lowest BCUT2D eigenvalue weighted by molar-refractivity contribution is -0.138. The first-order valence-corrected chi connectivity index (χ1v) is 14.5. The van der Waals surface area contributed by atoms with Crippen molar-refractivity contribution in [2.45, 2.75) is 26.5 Å². The lowest BCUT2D eigenvalue weighted by Gasteiger charge is -2.21. The first-order valence-electron chi connectivity index (χ1n) is 13.8. The van der Waals surface area contributed by atoms with Crippen molar-refractivity contribution in [3.05, 3.63) is 105 Å². The Labute approximate surface area is 269 Å². The van der Waals surface area contributed by atoms with Crippen molar-refractivity contribution in [3.63, 3.8) is 0 Å². The van der Waals surface area contributed by atoms with Gasteiger partial charge in [-0.15, -0.1) is 0 Å². The number of para-hydroxylation sites is 1. The van der Waals surface area contributed by atoms with E-state index in [-0.39, 0.29) is 23.7 Å². The Morgan fingerprint density at radius 3 is 2.47 bits per heavy atom. The smallest absolute Gasteiger partial charge is 0.325 e. The number of carboxylic acids is 1. The number of pyridine rings is 1. The molecule has 3 amide bonds. The second-order valence-corrected chi connectivity index (χ2v) is 10.9. The number of nitrogens with one attached hydrogen (secondary N) is 2. The molecule has 0 unspecified atom stereocenters. The van der Waals surface area contributed by atoms with Gasteiger partial charge in [0.25, 0.3) is 5.91 Å². The highest BCUT2D eigenvalue weighted by molar-refractivity contribution is 6.38. The molecule has 12 heteroatoms. The Balaban J connectivity index is 1.35. The van der Waals surface area contributed by atoms with E-state index in [0.29, 0.717) is 33.1 Å². The molecule has 0 fully saturated rings. The highest BCUT2D eigenvalue weighted by atomic mass is 35.5. The van der Waals surface area contributed by atoms with Crippen molar-refractivity contribution in [1.29, 1.82) is 0 Å². The number of amides is 3. The van der Waals surface area contributed by atoms with Crippen LogP contribution < -0.4 is 20.3 Å². The molecule has 3 aromatic carbocycles. The molecule has 1 heterocycles. The fourth-order valence-electron chi connectivity index (χ4n) is 4.19. The predicted molar refractivity (Wildman–Crippen MR) is 174 cm³/mol. The molecule has 4 rings (SSSR count). The van der Waals surface area contributed by atoms with Crippen molar-refractivity contribution in [2.75, 3.05) is 18.5 Å². The number of hydrogen-bond donors (Lipinski definition) is 3. The highest BCUT2D eigenvalue weighted by Crippen LogP contribution is 2.35. The third kappa shape index (κ3) is 8.37. The lowest BCUT2D eigenvalue weighted by atomic mass is 10.1. The summed E-state index contributed by atoms with van der Waals surface area (Å²) in [5.41, 5.74) is 3.34. The van der Waals surface area contributed by atoms with E-state index in [4.69, 9.17) is 33.0 Å². The van der Waals surface area contributed by atoms with Crippen LogP contribution in [0.25, 0.3) is 17.0 Å². The number of aliphatic carboxylic acids is 1. The molecule has 0 saturated heterocycles. The molecule has 0 aliphatic carbocycles. The molecule has 1 atom stereocenters. The number of hydrogen-bond acceptors (Lipinski definition) is 6. The van der Waals surface area contributed by atoms with Gasteiger partial charge >= 0.3 is 5.97 Å². The van der Waals surface area contributed by atoms with E-state index in [2.05, 4.69) is 15.6 Å². The topological polar surface area (TPSA) is 138 Å². The van der Waals surface area contributed by atoms with Crippen LogP contribution >= 0.6 is 23.2 Å². The first kappa shape index (κ1) is 33.0. The molecular formula is C33H30Cl2N4O6. The second-order valence-electron chi connectivity index (χ2n) is 10.1. The number of aromatic nitrogens is 1. The minimum absolute atomic E-state index is 0.0386. The fourth-order valence-corrected chi connectivity index (χ4v) is 4.80. The first-order chi connectivity index (χ1) is 21.4. The van der Waals surface area contributed by atoms with Crippen LogP contribution in [0.1, 0.15) is 34.1 Å². The summed E-state index contributed by atoms with van der Waals surface area (Å²) in [7, 11) is 1.54. The van der Waals surface area contributed by atoms with Gasteiger partial charge in [0.05, 0.1) is 17.3 Å². The summed E-state index contributed by atoms with van der Waals surface area (Å²) in [6, 6.07) is 17.9. The summed E-state index contributed by atoms with van der Waals surface area (Å²) in [4.78, 5) is 54.3. The molecule has 1 aromatic heterocycles. The molecule has 45 heavy (non-hydrogen) atoms. The maximum Gasteiger partial charge on any atom is 0.325 e. The Kier molecular flexibility index (Phi) is 10.8. The molecular weight excluding hydrogens is 619 g/mol. The molecule has 10 nitrogen and oxygen atoms in total. The van der Waals surface area contributed by atoms with Gasteiger partial charge in [0.15, 0.2) is 0 Å². The Morgan fingerprint density at radius 1 is 1.02 bits per heavy atom. The third-order valence-corrected chi connectivity index (χ3v) is 7.60. The Morgan fingerprint density at radius 2 is 1.76 bits per heavy atom. The van der Waals surface area contributed by atoms with E-state index in [9.17, 15) is 19.2 Å². The number of ether oxygens (including phenoxy) is 1. The van der Waals surface area contributed by atoms with Crippen molar-refractivity contribution in [2.24, 2.45) is 0 Å². The largest absolute Gasteiger partial charge is 0.487 e. The van der Waals surface area contributed by atoms with Gasteiger partial charge in [0.1, 0.15) is 23.9 Å². The van der Waals surface area contributed by atoms with Gasteiger partial charge in [-0.05, 0) is 61.9 Å². The van der Waals surface area contributed by atoms with Gasteiger partial charge in [0, 0.05) is 40.4 Å². The average Bonchev–Trinajstić information content (AvgIpc) is 3.02. The van der Waals surface area contributed by atoms with Crippen molar-refractivity contribution >= 4 is 69.6 Å². The molecule has 0 saturated carbocycles. The monoisotopic (exact) mass is 648 g/mol. The zero-order chi connectivity index (χ0) is 32.7. The minimum Gasteiger partial charge on any atom is -0.487 e. The predicted octanol–water partition coefficient (Wildman–Crippen LogP) is 5.42. The summed E-state index contributed by atoms with van der Waals surface area (Å²) in [5, 5.41) is 15.4. The molecule has 0 aliphatic heterocycles. The number of fused-ring (bicyclic) bond motifs is 1. The molecule has 232 valence electrons. The summed E-state index contributed by atoms with van der Waals surface area (Å²) in [5.74, 6) is -2.04. The van der Waals surface area contributed by atoms with E-state index in [1.54, 1.807) is 24.3 Å². The van der Waals surface area contributed by atoms with Crippen molar-refractivity contribution < 1.29 is 29.0 Å². The molecule has 0 aliphatic rings. The second kappa shape index (κ2) is 14.7. The molecule has 3 N–H and O–H groups in total. The van der Waals surface area contributed by atoms with Gasteiger partial charge in [0.2, 0.25) is 11.8 Å². The summed E-state index contributed by atoms with van der Waals surface area (Å²) in [6.07, 6.45) is 2.77. The average molecular weight is 650 g/mol. The lowest BCUT2D eigenvalue weighted by Crippen LogP contribution is -2.38. The summed E-state index contributed by atoms with van der Waals surface area (Å²) < 4.78 is 6.06. The number of anilines is 1. The number of aryl methyl sites for hydroxylation is 1. The van der Waals surface area contributed by atoms with Gasteiger partial charge in [-0.25, -0.2) is 4.98 Å². The van der Waals surface area contributed by atoms with Gasteiger partial charge in [-0.3, -0.25) is 19.2 Å². The zero-order valence-corrected chi connectivity index (χ0v) is 26.1. The van der Waals surface area contributed by atoms with Gasteiger partial charge in [-0.1, -0.05) is 53.5 Å². The number of benzene rings is 3. The van der Waals surface area contributed by atoms with E-state index < -0.39 is 29.7 Å². The van der Waals surface area contributed by atoms with Crippen molar-refractivity contribution in [3.8, 4) is 5.75 Å². The Bertz CT molecular complexity index is 1790. The number of carbonyl (C=O) groups is 4. The van der Waals surface area contributed by atoms with E-state index in [1.807, 2.05) is 37.3 Å². The highest BCUT2D eigenvalue weighted by Gasteiger charge is 2.20. The van der Waals surface area contributed by atoms with E-state index >= 15 is 0 Å². The quantitative estimate of drug-likeness (QED) is 0.185. The number of halogens is 2. The number of carbonyl (C=O) groups excluding carboxylic acids is 3. The van der Waals surface area contributed by atoms with Crippen LogP contribution in [0.2, 0.25) is 10.0 Å². The van der Waals surface area contributed by atoms with Gasteiger partial charge < -0.3 is 25.4 Å². The van der Waals surface area contributed by atoms with Crippen LogP contribution in [0.15, 0.2) is 72.8 Å². The number of likely N-dealkylation sites (N-methyl/N-ethyl adjacent to an activating group) is 1. The molecule has 0 bridgehead atoms. The molecule has 4 aromatic rings. The number of nitrogens with zero attached hydrogens (tertiary/aromatic N) is 2. The normalized spacial score (nSPS) is 11.7. The Hall–Kier alpha value is -4.93. The molecule has 0 spiro atoms. The van der Waals surface area contributed by atoms with Crippen LogP contribution in [-0.4, -0.2) is 53.4 Å². The fraction of sp³-hybridized carbons (Fsp3) is 0.182. The number of rotatable bonds is 11. The summed E-state index contributed by atoms with van der Waals surface area (Å²) in [6.45, 7) is 3.00. The SMILES string of the molecule is Cc1ccc2cccc(OCc3c(Cl)ccc(N(C)C(=O)CNC(=O)C=Cc4ccc(C(=O)N[C@H](C)C(=O)O)cc4)c3Cl)c2n1. The van der Waals surface area contributed by atoms with Crippen molar-refractivity contribution in [1.82, 2.24) is 15.6 Å². The van der Waals surface area contributed by atoms with E-state index in [1.165, 1.54) is 43.2 Å². The van der Waals surface area contributed by atoms with Gasteiger partial charge in [-0.2, -0.15) is 0 Å². The van der Waals surface area contributed by atoms with Crippen LogP contribution in [0.4, 0.5) is 5.69 Å². The van der Waals surface area contributed by atoms with Crippen LogP contribution in [-0.2, 0) is 21.0 Å².